The zero-order valence-electron chi connectivity index (χ0n) is 23.7. The minimum absolute atomic E-state index is 0.0645. The lowest BCUT2D eigenvalue weighted by Crippen LogP contribution is -2.41. The van der Waals surface area contributed by atoms with Crippen LogP contribution in [0, 0.1) is 11.8 Å². The van der Waals surface area contributed by atoms with Crippen LogP contribution in [0.15, 0.2) is 72.9 Å². The molecule has 0 amide bonds. The Morgan fingerprint density at radius 1 is 0.925 bits per heavy atom. The zero-order valence-corrected chi connectivity index (χ0v) is 23.7. The molecule has 4 atom stereocenters. The predicted octanol–water partition coefficient (Wildman–Crippen LogP) is 5.87. The van der Waals surface area contributed by atoms with Crippen molar-refractivity contribution in [3.63, 3.8) is 0 Å². The average molecular weight is 548 g/mol. The molecule has 40 heavy (non-hydrogen) atoms. The van der Waals surface area contributed by atoms with Crippen LogP contribution in [0.2, 0.25) is 0 Å². The van der Waals surface area contributed by atoms with E-state index in [1.807, 2.05) is 55.5 Å². The van der Waals surface area contributed by atoms with Crippen molar-refractivity contribution in [3.8, 4) is 17.2 Å². The Morgan fingerprint density at radius 2 is 1.57 bits per heavy atom. The molecular formula is C32H37NO7. The van der Waals surface area contributed by atoms with Crippen LogP contribution in [0.25, 0.3) is 0 Å². The van der Waals surface area contributed by atoms with Crippen LogP contribution in [0.4, 0.5) is 0 Å². The number of esters is 2. The number of carbonyl (C=O) groups is 3. The first-order valence-electron chi connectivity index (χ1n) is 13.4. The third-order valence-electron chi connectivity index (χ3n) is 6.60. The van der Waals surface area contributed by atoms with Crippen molar-refractivity contribution in [2.24, 2.45) is 11.8 Å². The highest BCUT2D eigenvalue weighted by Crippen LogP contribution is 2.31. The van der Waals surface area contributed by atoms with Gasteiger partial charge in [-0.3, -0.25) is 14.4 Å². The lowest BCUT2D eigenvalue weighted by atomic mass is 9.89. The molecule has 0 unspecified atom stereocenters. The van der Waals surface area contributed by atoms with Crippen molar-refractivity contribution in [2.45, 2.75) is 59.2 Å². The number of rotatable bonds is 14. The van der Waals surface area contributed by atoms with E-state index >= 15 is 0 Å². The summed E-state index contributed by atoms with van der Waals surface area (Å²) in [5.41, 5.74) is 1.09. The number of hydrogen-bond donors (Lipinski definition) is 0. The standard InChI is InChI=1S/C32H37NO7/c1-6-25(20-24-13-9-7-10-14-24)30(40-26-15-11-8-12-16-26)22(3)38-32(36)21(2)19-27(35)29-31(39-23(4)34)28(37-5)17-18-33-29/h7-18,21-22,25,30H,6,19-20H2,1-5H3/t21-,22+,25+,30-/m1/s1. The quantitative estimate of drug-likeness (QED) is 0.182. The van der Waals surface area contributed by atoms with Crippen molar-refractivity contribution in [3.05, 3.63) is 84.2 Å². The van der Waals surface area contributed by atoms with Crippen molar-refractivity contribution in [2.75, 3.05) is 7.11 Å². The van der Waals surface area contributed by atoms with Crippen LogP contribution in [-0.4, -0.2) is 42.0 Å². The average Bonchev–Trinajstić information content (AvgIpc) is 2.95. The molecule has 1 heterocycles. The SMILES string of the molecule is CC[C@@H](Cc1ccccc1)[C@H](Oc1ccccc1)[C@H](C)OC(=O)[C@H](C)CC(=O)c1nccc(OC)c1OC(C)=O. The molecule has 0 radical (unpaired) electrons. The summed E-state index contributed by atoms with van der Waals surface area (Å²) in [6.07, 6.45) is 1.74. The summed E-state index contributed by atoms with van der Waals surface area (Å²) in [6, 6.07) is 21.1. The number of pyridine rings is 1. The molecule has 0 saturated heterocycles. The number of ketones is 1. The van der Waals surface area contributed by atoms with Gasteiger partial charge in [-0.25, -0.2) is 4.98 Å². The Morgan fingerprint density at radius 3 is 2.17 bits per heavy atom. The Bertz CT molecular complexity index is 1260. The number of hydrogen-bond acceptors (Lipinski definition) is 8. The number of nitrogens with zero attached hydrogens (tertiary/aromatic N) is 1. The molecule has 8 heteroatoms. The van der Waals surface area contributed by atoms with Crippen LogP contribution in [0.5, 0.6) is 17.2 Å². The summed E-state index contributed by atoms with van der Waals surface area (Å²) in [6.45, 7) is 6.74. The third-order valence-corrected chi connectivity index (χ3v) is 6.60. The Balaban J connectivity index is 1.75. The second kappa shape index (κ2) is 14.8. The minimum atomic E-state index is -0.778. The van der Waals surface area contributed by atoms with Gasteiger partial charge in [0.15, 0.2) is 17.2 Å². The van der Waals surface area contributed by atoms with Gasteiger partial charge in [0.05, 0.1) is 13.0 Å². The Kier molecular flexibility index (Phi) is 11.2. The van der Waals surface area contributed by atoms with Crippen molar-refractivity contribution < 1.29 is 33.3 Å². The van der Waals surface area contributed by atoms with E-state index in [0.29, 0.717) is 5.75 Å². The van der Waals surface area contributed by atoms with Crippen molar-refractivity contribution >= 4 is 17.7 Å². The molecule has 212 valence electrons. The van der Waals surface area contributed by atoms with Gasteiger partial charge >= 0.3 is 11.9 Å². The Hall–Kier alpha value is -4.20. The fraction of sp³-hybridized carbons (Fsp3) is 0.375. The number of para-hydroxylation sites is 1. The van der Waals surface area contributed by atoms with E-state index < -0.39 is 35.8 Å². The first kappa shape index (κ1) is 30.3. The Labute approximate surface area is 235 Å². The van der Waals surface area contributed by atoms with E-state index in [9.17, 15) is 14.4 Å². The summed E-state index contributed by atoms with van der Waals surface area (Å²) >= 11 is 0. The van der Waals surface area contributed by atoms with Crippen LogP contribution >= 0.6 is 0 Å². The number of Topliss-reactive ketones (excluding diaryl/α,β-unsaturated/α-hetero) is 1. The maximum absolute atomic E-state index is 13.2. The molecule has 2 aromatic carbocycles. The highest BCUT2D eigenvalue weighted by Gasteiger charge is 2.33. The van der Waals surface area contributed by atoms with E-state index in [1.165, 1.54) is 31.9 Å². The number of methoxy groups -OCH3 is 1. The molecule has 3 rings (SSSR count). The van der Waals surface area contributed by atoms with Crippen molar-refractivity contribution in [1.29, 1.82) is 0 Å². The molecule has 0 N–H and O–H groups in total. The summed E-state index contributed by atoms with van der Waals surface area (Å²) in [7, 11) is 1.40. The van der Waals surface area contributed by atoms with Gasteiger partial charge in [0, 0.05) is 31.5 Å². The zero-order chi connectivity index (χ0) is 29.1. The topological polar surface area (TPSA) is 101 Å². The monoisotopic (exact) mass is 547 g/mol. The van der Waals surface area contributed by atoms with Crippen LogP contribution in [0.3, 0.4) is 0 Å². The van der Waals surface area contributed by atoms with Gasteiger partial charge in [0.25, 0.3) is 0 Å². The van der Waals surface area contributed by atoms with E-state index in [4.69, 9.17) is 18.9 Å². The number of carbonyl (C=O) groups excluding carboxylic acids is 3. The molecule has 0 fully saturated rings. The maximum Gasteiger partial charge on any atom is 0.309 e. The van der Waals surface area contributed by atoms with Gasteiger partial charge in [-0.2, -0.15) is 0 Å². The van der Waals surface area contributed by atoms with Gasteiger partial charge in [0.2, 0.25) is 5.75 Å². The molecular weight excluding hydrogens is 510 g/mol. The highest BCUT2D eigenvalue weighted by atomic mass is 16.6. The van der Waals surface area contributed by atoms with E-state index in [0.717, 1.165) is 12.8 Å². The third kappa shape index (κ3) is 8.40. The second-order valence-corrected chi connectivity index (χ2v) is 9.71. The minimum Gasteiger partial charge on any atom is -0.493 e. The molecule has 0 spiro atoms. The second-order valence-electron chi connectivity index (χ2n) is 9.71. The lowest BCUT2D eigenvalue weighted by molar-refractivity contribution is -0.158. The van der Waals surface area contributed by atoms with Gasteiger partial charge in [0.1, 0.15) is 18.0 Å². The lowest BCUT2D eigenvalue weighted by Gasteiger charge is -2.32. The largest absolute Gasteiger partial charge is 0.493 e. The van der Waals surface area contributed by atoms with E-state index in [1.54, 1.807) is 6.92 Å². The molecule has 0 bridgehead atoms. The molecule has 8 nitrogen and oxygen atoms in total. The van der Waals surface area contributed by atoms with E-state index in [-0.39, 0.29) is 29.5 Å². The molecule has 0 aliphatic rings. The number of aromatic nitrogens is 1. The van der Waals surface area contributed by atoms with E-state index in [2.05, 4.69) is 24.0 Å². The summed E-state index contributed by atoms with van der Waals surface area (Å²) in [5.74, 6) is -1.52. The first-order chi connectivity index (χ1) is 19.2. The van der Waals surface area contributed by atoms with Gasteiger partial charge in [-0.1, -0.05) is 62.4 Å². The molecule has 0 aliphatic heterocycles. The predicted molar refractivity (Wildman–Crippen MR) is 151 cm³/mol. The summed E-state index contributed by atoms with van der Waals surface area (Å²) in [5, 5.41) is 0. The van der Waals surface area contributed by atoms with Crippen LogP contribution in [0.1, 0.15) is 56.6 Å². The first-order valence-corrected chi connectivity index (χ1v) is 13.4. The molecule has 1 aromatic heterocycles. The molecule has 3 aromatic rings. The van der Waals surface area contributed by atoms with Crippen LogP contribution < -0.4 is 14.2 Å². The summed E-state index contributed by atoms with van der Waals surface area (Å²) < 4.78 is 22.7. The van der Waals surface area contributed by atoms with Gasteiger partial charge in [-0.05, 0) is 37.5 Å². The summed E-state index contributed by atoms with van der Waals surface area (Å²) in [4.78, 5) is 42.0. The fourth-order valence-electron chi connectivity index (χ4n) is 4.50. The smallest absolute Gasteiger partial charge is 0.309 e. The number of benzene rings is 2. The molecule has 0 aliphatic carbocycles. The maximum atomic E-state index is 13.2. The van der Waals surface area contributed by atoms with Crippen LogP contribution in [-0.2, 0) is 20.7 Å². The normalized spacial score (nSPS) is 13.8. The van der Waals surface area contributed by atoms with Gasteiger partial charge in [-0.15, -0.1) is 0 Å². The molecule has 0 saturated carbocycles. The highest BCUT2D eigenvalue weighted by molar-refractivity contribution is 5.99. The van der Waals surface area contributed by atoms with Gasteiger partial charge < -0.3 is 18.9 Å². The van der Waals surface area contributed by atoms with Crippen molar-refractivity contribution in [1.82, 2.24) is 4.98 Å². The fourth-order valence-corrected chi connectivity index (χ4v) is 4.50. The number of ether oxygens (including phenoxy) is 4.